The van der Waals surface area contributed by atoms with Gasteiger partial charge in [-0.2, -0.15) is 0 Å². The molecule has 1 aliphatic rings. The number of fused-ring (bicyclic) bond motifs is 1. The smallest absolute Gasteiger partial charge is 0.255 e. The molecule has 0 saturated carbocycles. The highest BCUT2D eigenvalue weighted by molar-refractivity contribution is 6.03. The van der Waals surface area contributed by atoms with Crippen LogP contribution < -0.4 is 5.32 Å². The van der Waals surface area contributed by atoms with Crippen molar-refractivity contribution in [2.75, 3.05) is 5.32 Å². The number of rotatable bonds is 3. The summed E-state index contributed by atoms with van der Waals surface area (Å²) in [6.45, 7) is 1.94. The zero-order chi connectivity index (χ0) is 16.6. The number of carbonyl (C=O) groups excluding carboxylic acids is 2. The number of anilines is 1. The zero-order valence-corrected chi connectivity index (χ0v) is 12.3. The van der Waals surface area contributed by atoms with E-state index in [2.05, 4.69) is 5.32 Å². The zero-order valence-electron chi connectivity index (χ0n) is 12.3. The first-order chi connectivity index (χ1) is 11.0. The van der Waals surface area contributed by atoms with Crippen molar-refractivity contribution in [3.63, 3.8) is 0 Å². The molecule has 4 nitrogen and oxygen atoms in total. The van der Waals surface area contributed by atoms with E-state index in [-0.39, 0.29) is 11.6 Å². The Hall–Kier alpha value is -2.76. The van der Waals surface area contributed by atoms with Crippen LogP contribution in [0.4, 0.5) is 14.5 Å². The van der Waals surface area contributed by atoms with Crippen LogP contribution in [0.25, 0.3) is 0 Å². The second kappa shape index (κ2) is 5.79. The Labute approximate surface area is 131 Å². The molecule has 1 atom stereocenters. The Kier molecular flexibility index (Phi) is 3.82. The van der Waals surface area contributed by atoms with E-state index in [0.29, 0.717) is 12.1 Å². The minimum atomic E-state index is -1.04. The lowest BCUT2D eigenvalue weighted by molar-refractivity contribution is -0.120. The monoisotopic (exact) mass is 316 g/mol. The second-order valence-corrected chi connectivity index (χ2v) is 5.38. The molecule has 0 aromatic heterocycles. The molecular formula is C17H14F2N2O2. The lowest BCUT2D eigenvalue weighted by Crippen LogP contribution is -2.42. The standard InChI is InChI=1S/C17H14F2N2O2/c1-10(16(22)20-12-6-7-14(18)15(19)8-12)21-9-11-4-2-3-5-13(11)17(21)23/h2-8,10H,9H2,1H3,(H,20,22)/t10-/m0/s1. The van der Waals surface area contributed by atoms with Gasteiger partial charge >= 0.3 is 0 Å². The third-order valence-electron chi connectivity index (χ3n) is 3.88. The molecule has 0 aliphatic carbocycles. The fourth-order valence-electron chi connectivity index (χ4n) is 2.55. The molecule has 0 bridgehead atoms. The summed E-state index contributed by atoms with van der Waals surface area (Å²) < 4.78 is 26.1. The second-order valence-electron chi connectivity index (χ2n) is 5.38. The van der Waals surface area contributed by atoms with E-state index < -0.39 is 23.6 Å². The van der Waals surface area contributed by atoms with Gasteiger partial charge in [-0.05, 0) is 30.7 Å². The number of hydrogen-bond acceptors (Lipinski definition) is 2. The lowest BCUT2D eigenvalue weighted by Gasteiger charge is -2.23. The quantitative estimate of drug-likeness (QED) is 0.946. The summed E-state index contributed by atoms with van der Waals surface area (Å²) in [6.07, 6.45) is 0. The largest absolute Gasteiger partial charge is 0.324 e. The van der Waals surface area contributed by atoms with Gasteiger partial charge in [0.25, 0.3) is 5.91 Å². The average molecular weight is 316 g/mol. The summed E-state index contributed by atoms with van der Waals surface area (Å²) >= 11 is 0. The normalized spacial score (nSPS) is 14.6. The number of benzene rings is 2. The van der Waals surface area contributed by atoms with Crippen LogP contribution in [0.1, 0.15) is 22.8 Å². The average Bonchev–Trinajstić information content (AvgIpc) is 2.87. The van der Waals surface area contributed by atoms with Crippen molar-refractivity contribution in [3.05, 3.63) is 65.2 Å². The molecule has 118 valence electrons. The van der Waals surface area contributed by atoms with E-state index in [1.165, 1.54) is 11.0 Å². The molecule has 2 amide bonds. The third-order valence-corrected chi connectivity index (χ3v) is 3.88. The van der Waals surface area contributed by atoms with E-state index in [0.717, 1.165) is 17.7 Å². The van der Waals surface area contributed by atoms with Crippen molar-refractivity contribution < 1.29 is 18.4 Å². The van der Waals surface area contributed by atoms with E-state index in [1.807, 2.05) is 12.1 Å². The van der Waals surface area contributed by atoms with Crippen molar-refractivity contribution in [1.82, 2.24) is 4.90 Å². The highest BCUT2D eigenvalue weighted by atomic mass is 19.2. The van der Waals surface area contributed by atoms with Crippen molar-refractivity contribution in [2.45, 2.75) is 19.5 Å². The van der Waals surface area contributed by atoms with Crippen LogP contribution >= 0.6 is 0 Å². The van der Waals surface area contributed by atoms with Crippen molar-refractivity contribution >= 4 is 17.5 Å². The molecule has 2 aromatic rings. The van der Waals surface area contributed by atoms with Crippen molar-refractivity contribution in [3.8, 4) is 0 Å². The van der Waals surface area contributed by atoms with Gasteiger partial charge in [-0.25, -0.2) is 8.78 Å². The first kappa shape index (κ1) is 15.1. The summed E-state index contributed by atoms with van der Waals surface area (Å²) in [5.41, 5.74) is 1.59. The van der Waals surface area contributed by atoms with Gasteiger partial charge in [-0.3, -0.25) is 9.59 Å². The van der Waals surface area contributed by atoms with E-state index in [4.69, 9.17) is 0 Å². The van der Waals surface area contributed by atoms with E-state index in [1.54, 1.807) is 19.1 Å². The number of nitrogens with zero attached hydrogens (tertiary/aromatic N) is 1. The van der Waals surface area contributed by atoms with Crippen LogP contribution in [0.5, 0.6) is 0 Å². The fraction of sp³-hybridized carbons (Fsp3) is 0.176. The SMILES string of the molecule is C[C@@H](C(=O)Nc1ccc(F)c(F)c1)N1Cc2ccccc2C1=O. The lowest BCUT2D eigenvalue weighted by atomic mass is 10.1. The topological polar surface area (TPSA) is 49.4 Å². The highest BCUT2D eigenvalue weighted by Crippen LogP contribution is 2.24. The maximum absolute atomic E-state index is 13.2. The Morgan fingerprint density at radius 3 is 2.61 bits per heavy atom. The van der Waals surface area contributed by atoms with E-state index >= 15 is 0 Å². The first-order valence-corrected chi connectivity index (χ1v) is 7.12. The molecule has 6 heteroatoms. The molecular weight excluding hydrogens is 302 g/mol. The van der Waals surface area contributed by atoms with Crippen LogP contribution in [0.3, 0.4) is 0 Å². The Bertz CT molecular complexity index is 792. The summed E-state index contributed by atoms with van der Waals surface area (Å²) in [7, 11) is 0. The van der Waals surface area contributed by atoms with Crippen LogP contribution in [0.2, 0.25) is 0 Å². The molecule has 0 saturated heterocycles. The number of nitrogens with one attached hydrogen (secondary N) is 1. The van der Waals surface area contributed by atoms with Gasteiger partial charge in [-0.1, -0.05) is 18.2 Å². The Balaban J connectivity index is 1.73. The molecule has 23 heavy (non-hydrogen) atoms. The van der Waals surface area contributed by atoms with Crippen LogP contribution in [0, 0.1) is 11.6 Å². The summed E-state index contributed by atoms with van der Waals surface area (Å²) in [5, 5.41) is 2.49. The molecule has 1 heterocycles. The molecule has 0 unspecified atom stereocenters. The molecule has 1 aliphatic heterocycles. The minimum absolute atomic E-state index is 0.143. The Morgan fingerprint density at radius 1 is 1.17 bits per heavy atom. The number of amides is 2. The molecule has 1 N–H and O–H groups in total. The molecule has 3 rings (SSSR count). The van der Waals surface area contributed by atoms with Crippen LogP contribution in [-0.2, 0) is 11.3 Å². The maximum Gasteiger partial charge on any atom is 0.255 e. The molecule has 2 aromatic carbocycles. The van der Waals surface area contributed by atoms with Crippen molar-refractivity contribution in [1.29, 1.82) is 0 Å². The summed E-state index contributed by atoms with van der Waals surface area (Å²) in [4.78, 5) is 26.0. The maximum atomic E-state index is 13.2. The van der Waals surface area contributed by atoms with Gasteiger partial charge in [0.15, 0.2) is 11.6 Å². The number of hydrogen-bond donors (Lipinski definition) is 1. The molecule has 0 radical (unpaired) electrons. The fourth-order valence-corrected chi connectivity index (χ4v) is 2.55. The molecule has 0 fully saturated rings. The Morgan fingerprint density at radius 2 is 1.91 bits per heavy atom. The third kappa shape index (κ3) is 2.79. The highest BCUT2D eigenvalue weighted by Gasteiger charge is 2.33. The van der Waals surface area contributed by atoms with Gasteiger partial charge in [0.1, 0.15) is 6.04 Å². The van der Waals surface area contributed by atoms with Crippen LogP contribution in [-0.4, -0.2) is 22.8 Å². The van der Waals surface area contributed by atoms with Gasteiger partial charge in [-0.15, -0.1) is 0 Å². The summed E-state index contributed by atoms with van der Waals surface area (Å²) in [6, 6.07) is 9.54. The predicted molar refractivity (Wildman–Crippen MR) is 80.8 cm³/mol. The van der Waals surface area contributed by atoms with Gasteiger partial charge < -0.3 is 10.2 Å². The molecule has 0 spiro atoms. The van der Waals surface area contributed by atoms with Crippen LogP contribution in [0.15, 0.2) is 42.5 Å². The van der Waals surface area contributed by atoms with Gasteiger partial charge in [0.2, 0.25) is 5.91 Å². The predicted octanol–water partition coefficient (Wildman–Crippen LogP) is 2.95. The first-order valence-electron chi connectivity index (χ1n) is 7.12. The number of carbonyl (C=O) groups is 2. The minimum Gasteiger partial charge on any atom is -0.324 e. The van der Waals surface area contributed by atoms with E-state index in [9.17, 15) is 18.4 Å². The number of halogens is 2. The van der Waals surface area contributed by atoms with Gasteiger partial charge in [0.05, 0.1) is 0 Å². The summed E-state index contributed by atoms with van der Waals surface area (Å²) in [5.74, 6) is -2.70. The van der Waals surface area contributed by atoms with Gasteiger partial charge in [0, 0.05) is 23.9 Å². The van der Waals surface area contributed by atoms with Crippen molar-refractivity contribution in [2.24, 2.45) is 0 Å².